The second-order valence-electron chi connectivity index (χ2n) is 6.36. The normalized spacial score (nSPS) is 13.8. The molecule has 0 bridgehead atoms. The largest absolute Gasteiger partial charge is 0.493 e. The Morgan fingerprint density at radius 3 is 2.31 bits per heavy atom. The molecular weight excluding hydrogens is 396 g/mol. The Labute approximate surface area is 172 Å². The molecule has 2 heterocycles. The molecule has 1 fully saturated rings. The van der Waals surface area contributed by atoms with E-state index < -0.39 is 0 Å². The van der Waals surface area contributed by atoms with Gasteiger partial charge in [-0.25, -0.2) is 0 Å². The molecule has 1 aliphatic rings. The number of hydrogen-bond acceptors (Lipinski definition) is 8. The van der Waals surface area contributed by atoms with Crippen LogP contribution in [0.3, 0.4) is 0 Å². The zero-order valence-electron chi connectivity index (χ0n) is 16.7. The number of amides is 1. The molecule has 1 N–H and O–H groups in total. The van der Waals surface area contributed by atoms with E-state index in [2.05, 4.69) is 15.2 Å². The van der Waals surface area contributed by atoms with Crippen molar-refractivity contribution >= 4 is 17.7 Å². The van der Waals surface area contributed by atoms with Crippen LogP contribution in [-0.4, -0.2) is 71.9 Å². The smallest absolute Gasteiger partial charge is 0.273 e. The molecule has 29 heavy (non-hydrogen) atoms. The lowest BCUT2D eigenvalue weighted by atomic mass is 10.1. The van der Waals surface area contributed by atoms with Crippen LogP contribution in [0.25, 0.3) is 11.4 Å². The first-order valence-electron chi connectivity index (χ1n) is 9.19. The van der Waals surface area contributed by atoms with Gasteiger partial charge in [0.05, 0.1) is 21.3 Å². The minimum absolute atomic E-state index is 0.0419. The predicted molar refractivity (Wildman–Crippen MR) is 110 cm³/mol. The second-order valence-corrected chi connectivity index (χ2v) is 7.58. The highest BCUT2D eigenvalue weighted by atomic mass is 32.2. The van der Waals surface area contributed by atoms with Crippen molar-refractivity contribution in [2.24, 2.45) is 0 Å². The molecular formula is C19H24N4O5S. The Bertz CT molecular complexity index is 902. The average Bonchev–Trinajstić information content (AvgIpc) is 2.77. The summed E-state index contributed by atoms with van der Waals surface area (Å²) >= 11 is 1.84. The van der Waals surface area contributed by atoms with Gasteiger partial charge in [0.15, 0.2) is 17.3 Å². The lowest BCUT2D eigenvalue weighted by molar-refractivity contribution is -0.130. The zero-order valence-corrected chi connectivity index (χ0v) is 17.5. The maximum atomic E-state index is 12.5. The van der Waals surface area contributed by atoms with Crippen LogP contribution in [0.4, 0.5) is 0 Å². The molecule has 0 saturated carbocycles. The fraction of sp³-hybridized carbons (Fsp3) is 0.474. The standard InChI is InChI=1S/C19H24N4O5S/c1-26-14-10-12(11-15(27-2)17(14)28-3)18-20-19(25)13(21-22-18)4-5-16(24)23-6-8-29-9-7-23/h10-11H,4-9H2,1-3H3,(H,20,22,25). The zero-order chi connectivity index (χ0) is 20.8. The number of hydrogen-bond donors (Lipinski definition) is 1. The fourth-order valence-electron chi connectivity index (χ4n) is 3.07. The molecule has 0 radical (unpaired) electrons. The van der Waals surface area contributed by atoms with Gasteiger partial charge in [-0.2, -0.15) is 11.8 Å². The average molecular weight is 420 g/mol. The highest BCUT2D eigenvalue weighted by Gasteiger charge is 2.19. The predicted octanol–water partition coefficient (Wildman–Crippen LogP) is 1.37. The molecule has 3 rings (SSSR count). The molecule has 10 heteroatoms. The van der Waals surface area contributed by atoms with Crippen LogP contribution in [0.5, 0.6) is 17.2 Å². The number of aromatic nitrogens is 3. The van der Waals surface area contributed by atoms with Gasteiger partial charge in [-0.05, 0) is 12.1 Å². The van der Waals surface area contributed by atoms with E-state index in [4.69, 9.17) is 14.2 Å². The molecule has 1 aromatic carbocycles. The molecule has 1 amide bonds. The Balaban J connectivity index is 1.77. The molecule has 9 nitrogen and oxygen atoms in total. The molecule has 0 spiro atoms. The minimum atomic E-state index is -0.370. The van der Waals surface area contributed by atoms with Crippen molar-refractivity contribution in [3.63, 3.8) is 0 Å². The third kappa shape index (κ3) is 4.81. The lowest BCUT2D eigenvalue weighted by Gasteiger charge is -2.26. The van der Waals surface area contributed by atoms with E-state index in [-0.39, 0.29) is 35.8 Å². The number of aryl methyl sites for hydroxylation is 1. The quantitative estimate of drug-likeness (QED) is 0.716. The van der Waals surface area contributed by atoms with Crippen LogP contribution in [0.2, 0.25) is 0 Å². The van der Waals surface area contributed by atoms with Gasteiger partial charge in [0, 0.05) is 43.0 Å². The molecule has 1 aliphatic heterocycles. The number of methoxy groups -OCH3 is 3. The summed E-state index contributed by atoms with van der Waals surface area (Å²) in [6.07, 6.45) is 0.492. The summed E-state index contributed by atoms with van der Waals surface area (Å²) in [4.78, 5) is 29.3. The first kappa shape index (κ1) is 21.0. The molecule has 0 unspecified atom stereocenters. The van der Waals surface area contributed by atoms with E-state index in [9.17, 15) is 9.59 Å². The van der Waals surface area contributed by atoms with Crippen molar-refractivity contribution in [2.45, 2.75) is 12.8 Å². The summed E-state index contributed by atoms with van der Waals surface area (Å²) in [5.74, 6) is 3.56. The summed E-state index contributed by atoms with van der Waals surface area (Å²) in [6.45, 7) is 1.51. The number of nitrogens with zero attached hydrogens (tertiary/aromatic N) is 3. The van der Waals surface area contributed by atoms with E-state index in [1.165, 1.54) is 21.3 Å². The van der Waals surface area contributed by atoms with E-state index >= 15 is 0 Å². The van der Waals surface area contributed by atoms with Gasteiger partial charge in [0.25, 0.3) is 5.56 Å². The van der Waals surface area contributed by atoms with E-state index in [0.29, 0.717) is 22.8 Å². The van der Waals surface area contributed by atoms with Crippen molar-refractivity contribution in [3.8, 4) is 28.6 Å². The number of carbonyl (C=O) groups excluding carboxylic acids is 1. The van der Waals surface area contributed by atoms with E-state index in [1.807, 2.05) is 16.7 Å². The highest BCUT2D eigenvalue weighted by molar-refractivity contribution is 7.99. The fourth-order valence-corrected chi connectivity index (χ4v) is 3.97. The number of thioether (sulfide) groups is 1. The van der Waals surface area contributed by atoms with Gasteiger partial charge in [-0.3, -0.25) is 9.59 Å². The van der Waals surface area contributed by atoms with Gasteiger partial charge in [0.1, 0.15) is 5.69 Å². The molecule has 1 aromatic heterocycles. The van der Waals surface area contributed by atoms with E-state index in [1.54, 1.807) is 12.1 Å². The molecule has 2 aromatic rings. The van der Waals surface area contributed by atoms with Crippen molar-refractivity contribution in [1.29, 1.82) is 0 Å². The number of nitrogens with one attached hydrogen (secondary N) is 1. The first-order valence-corrected chi connectivity index (χ1v) is 10.3. The number of rotatable bonds is 7. The SMILES string of the molecule is COc1cc(-c2nnc(CCC(=O)N3CCSCC3)c(=O)[nH]2)cc(OC)c1OC. The van der Waals surface area contributed by atoms with Gasteiger partial charge in [0.2, 0.25) is 11.7 Å². The van der Waals surface area contributed by atoms with Crippen LogP contribution in [0.1, 0.15) is 12.1 Å². The molecule has 0 aliphatic carbocycles. The number of H-pyrrole nitrogens is 1. The lowest BCUT2D eigenvalue weighted by Crippen LogP contribution is -2.38. The van der Waals surface area contributed by atoms with Gasteiger partial charge in [-0.15, -0.1) is 10.2 Å². The second kappa shape index (κ2) is 9.64. The van der Waals surface area contributed by atoms with Crippen molar-refractivity contribution in [3.05, 3.63) is 28.2 Å². The summed E-state index contributed by atoms with van der Waals surface area (Å²) in [7, 11) is 4.54. The molecule has 1 saturated heterocycles. The number of ether oxygens (including phenoxy) is 3. The first-order chi connectivity index (χ1) is 14.1. The Morgan fingerprint density at radius 2 is 1.76 bits per heavy atom. The highest BCUT2D eigenvalue weighted by Crippen LogP contribution is 2.40. The third-order valence-electron chi connectivity index (χ3n) is 4.64. The Kier molecular flexibility index (Phi) is 6.97. The third-order valence-corrected chi connectivity index (χ3v) is 5.58. The van der Waals surface area contributed by atoms with Gasteiger partial charge < -0.3 is 24.1 Å². The van der Waals surface area contributed by atoms with Crippen LogP contribution < -0.4 is 19.8 Å². The van der Waals surface area contributed by atoms with Crippen LogP contribution in [-0.2, 0) is 11.2 Å². The summed E-state index contributed by atoms with van der Waals surface area (Å²) in [5, 5.41) is 8.16. The maximum absolute atomic E-state index is 12.5. The van der Waals surface area contributed by atoms with Crippen molar-refractivity contribution in [2.75, 3.05) is 45.9 Å². The van der Waals surface area contributed by atoms with Crippen LogP contribution in [0, 0.1) is 0 Å². The van der Waals surface area contributed by atoms with Crippen LogP contribution in [0.15, 0.2) is 16.9 Å². The summed E-state index contributed by atoms with van der Waals surface area (Å²) < 4.78 is 16.0. The van der Waals surface area contributed by atoms with Crippen LogP contribution >= 0.6 is 11.8 Å². The summed E-state index contributed by atoms with van der Waals surface area (Å²) in [6, 6.07) is 3.36. The topological polar surface area (TPSA) is 107 Å². The maximum Gasteiger partial charge on any atom is 0.273 e. The molecule has 0 atom stereocenters. The minimum Gasteiger partial charge on any atom is -0.493 e. The van der Waals surface area contributed by atoms with Gasteiger partial charge >= 0.3 is 0 Å². The Morgan fingerprint density at radius 1 is 1.10 bits per heavy atom. The Hall–Kier alpha value is -2.75. The van der Waals surface area contributed by atoms with Gasteiger partial charge in [-0.1, -0.05) is 0 Å². The number of benzene rings is 1. The summed E-state index contributed by atoms with van der Waals surface area (Å²) in [5.41, 5.74) is 0.434. The van der Waals surface area contributed by atoms with E-state index in [0.717, 1.165) is 24.6 Å². The van der Waals surface area contributed by atoms with Crippen molar-refractivity contribution in [1.82, 2.24) is 20.1 Å². The van der Waals surface area contributed by atoms with Crippen molar-refractivity contribution < 1.29 is 19.0 Å². The molecule has 156 valence electrons. The number of carbonyl (C=O) groups is 1. The number of aromatic amines is 1. The monoisotopic (exact) mass is 420 g/mol.